The highest BCUT2D eigenvalue weighted by molar-refractivity contribution is 7.96. The summed E-state index contributed by atoms with van der Waals surface area (Å²) in [5.41, 5.74) is 2.52. The first-order chi connectivity index (χ1) is 11.7. The fourth-order valence-electron chi connectivity index (χ4n) is 3.74. The number of rotatable bonds is 7. The van der Waals surface area contributed by atoms with Crippen LogP contribution in [0, 0.1) is 0 Å². The van der Waals surface area contributed by atoms with Crippen LogP contribution in [0.4, 0.5) is 5.69 Å². The minimum Gasteiger partial charge on any atom is -0.347 e. The predicted molar refractivity (Wildman–Crippen MR) is 98.1 cm³/mol. The van der Waals surface area contributed by atoms with Crippen LogP contribution in [0.15, 0.2) is 24.3 Å². The fraction of sp³-hybridized carbons (Fsp3) is 0.556. The molecule has 6 heteroatoms. The van der Waals surface area contributed by atoms with Gasteiger partial charge in [-0.25, -0.2) is 0 Å². The summed E-state index contributed by atoms with van der Waals surface area (Å²) in [5, 5.41) is 2.63. The van der Waals surface area contributed by atoms with E-state index in [4.69, 9.17) is 0 Å². The Balaban J connectivity index is 1.74. The largest absolute Gasteiger partial charge is 0.347 e. The van der Waals surface area contributed by atoms with Crippen LogP contribution >= 0.6 is 11.9 Å². The van der Waals surface area contributed by atoms with Crippen LogP contribution in [0.5, 0.6) is 0 Å². The van der Waals surface area contributed by atoms with Crippen molar-refractivity contribution in [2.45, 2.75) is 43.6 Å². The number of hydrogen-bond acceptors (Lipinski definition) is 4. The summed E-state index contributed by atoms with van der Waals surface area (Å²) in [4.78, 5) is 24.9. The topological polar surface area (TPSA) is 61.4 Å². The highest BCUT2D eigenvalue weighted by Gasteiger charge is 2.38. The predicted octanol–water partition coefficient (Wildman–Crippen LogP) is 2.22. The zero-order valence-electron chi connectivity index (χ0n) is 14.1. The number of nitrogens with zero attached hydrogens (tertiary/aromatic N) is 1. The number of nitrogens with one attached hydrogen (secondary N) is 2. The van der Waals surface area contributed by atoms with E-state index in [9.17, 15) is 9.59 Å². The number of anilines is 1. The van der Waals surface area contributed by atoms with Crippen molar-refractivity contribution in [3.05, 3.63) is 29.8 Å². The fourth-order valence-corrected chi connectivity index (χ4v) is 4.17. The monoisotopic (exact) mass is 347 g/mol. The molecular weight excluding hydrogens is 322 g/mol. The second-order valence-corrected chi connectivity index (χ2v) is 7.37. The molecule has 1 aliphatic heterocycles. The molecule has 2 fully saturated rings. The van der Waals surface area contributed by atoms with Gasteiger partial charge in [0.1, 0.15) is 6.04 Å². The van der Waals surface area contributed by atoms with E-state index in [1.165, 1.54) is 24.8 Å². The summed E-state index contributed by atoms with van der Waals surface area (Å²) in [5.74, 6) is -0.0106. The van der Waals surface area contributed by atoms with Crippen molar-refractivity contribution in [2.24, 2.45) is 0 Å². The lowest BCUT2D eigenvalue weighted by atomic mass is 9.64. The summed E-state index contributed by atoms with van der Waals surface area (Å²) in [7, 11) is 0. The van der Waals surface area contributed by atoms with Gasteiger partial charge in [0.15, 0.2) is 0 Å². The molecule has 0 bridgehead atoms. The van der Waals surface area contributed by atoms with Crippen LogP contribution in [0.3, 0.4) is 0 Å². The van der Waals surface area contributed by atoms with Crippen molar-refractivity contribution in [2.75, 3.05) is 24.2 Å². The summed E-state index contributed by atoms with van der Waals surface area (Å²) in [6.45, 7) is 1.70. The van der Waals surface area contributed by atoms with Crippen LogP contribution in [-0.4, -0.2) is 37.7 Å². The lowest BCUT2D eigenvalue weighted by Gasteiger charge is -2.43. The van der Waals surface area contributed by atoms with E-state index in [0.717, 1.165) is 25.1 Å². The van der Waals surface area contributed by atoms with Gasteiger partial charge < -0.3 is 10.2 Å². The SMILES string of the molecule is CSNCC1(c2ccc(N3CCCC(NC=O)C3=O)cc2)CCC1. The van der Waals surface area contributed by atoms with Crippen LogP contribution < -0.4 is 14.9 Å². The minimum atomic E-state index is -0.389. The van der Waals surface area contributed by atoms with Crippen molar-refractivity contribution in [3.63, 3.8) is 0 Å². The third kappa shape index (κ3) is 3.30. The first-order valence-electron chi connectivity index (χ1n) is 8.58. The van der Waals surface area contributed by atoms with E-state index < -0.39 is 0 Å². The maximum Gasteiger partial charge on any atom is 0.249 e. The van der Waals surface area contributed by atoms with E-state index in [1.807, 2.05) is 0 Å². The molecule has 1 unspecified atom stereocenters. The van der Waals surface area contributed by atoms with Gasteiger partial charge >= 0.3 is 0 Å². The standard InChI is InChI=1S/C18H25N3O2S/c1-24-20-12-18(9-3-10-18)14-5-7-15(8-6-14)21-11-2-4-16(17(21)23)19-13-22/h5-8,13,16,20H,2-4,9-12H2,1H3,(H,19,22). The number of piperidine rings is 1. The molecule has 1 saturated carbocycles. The average molecular weight is 347 g/mol. The van der Waals surface area contributed by atoms with Crippen molar-refractivity contribution in [1.29, 1.82) is 0 Å². The molecule has 1 atom stereocenters. The first kappa shape index (κ1) is 17.3. The molecule has 2 amide bonds. The molecule has 0 spiro atoms. The van der Waals surface area contributed by atoms with Crippen LogP contribution in [0.2, 0.25) is 0 Å². The third-order valence-corrected chi connectivity index (χ3v) is 5.80. The van der Waals surface area contributed by atoms with E-state index in [1.54, 1.807) is 16.8 Å². The summed E-state index contributed by atoms with van der Waals surface area (Å²) < 4.78 is 3.41. The molecule has 1 aliphatic carbocycles. The molecule has 0 aromatic heterocycles. The van der Waals surface area contributed by atoms with Gasteiger partial charge in [-0.1, -0.05) is 30.5 Å². The Kier molecular flexibility index (Phi) is 5.46. The Morgan fingerprint density at radius 3 is 2.62 bits per heavy atom. The Labute approximate surface area is 147 Å². The molecule has 3 rings (SSSR count). The van der Waals surface area contributed by atoms with Gasteiger partial charge in [0.05, 0.1) is 0 Å². The number of carbonyl (C=O) groups excluding carboxylic acids is 2. The Morgan fingerprint density at radius 1 is 1.29 bits per heavy atom. The minimum absolute atomic E-state index is 0.0106. The Morgan fingerprint density at radius 2 is 2.04 bits per heavy atom. The number of hydrogen-bond donors (Lipinski definition) is 2. The van der Waals surface area contributed by atoms with Crippen molar-refractivity contribution in [3.8, 4) is 0 Å². The van der Waals surface area contributed by atoms with Crippen molar-refractivity contribution in [1.82, 2.24) is 10.0 Å². The zero-order valence-corrected chi connectivity index (χ0v) is 14.9. The second-order valence-electron chi connectivity index (χ2n) is 6.68. The third-order valence-electron chi connectivity index (χ3n) is 5.36. The highest BCUT2D eigenvalue weighted by atomic mass is 32.2. The van der Waals surface area contributed by atoms with Crippen molar-refractivity contribution < 1.29 is 9.59 Å². The lowest BCUT2D eigenvalue weighted by molar-refractivity contribution is -0.124. The van der Waals surface area contributed by atoms with Crippen LogP contribution in [-0.2, 0) is 15.0 Å². The van der Waals surface area contributed by atoms with Gasteiger partial charge in [-0.3, -0.25) is 14.3 Å². The van der Waals surface area contributed by atoms with Crippen LogP contribution in [0.25, 0.3) is 0 Å². The van der Waals surface area contributed by atoms with E-state index >= 15 is 0 Å². The molecule has 1 saturated heterocycles. The number of amides is 2. The van der Waals surface area contributed by atoms with Gasteiger partial charge in [0.2, 0.25) is 12.3 Å². The maximum absolute atomic E-state index is 12.5. The average Bonchev–Trinajstić information content (AvgIpc) is 2.57. The maximum atomic E-state index is 12.5. The summed E-state index contributed by atoms with van der Waals surface area (Å²) >= 11 is 1.67. The van der Waals surface area contributed by atoms with Gasteiger partial charge in [-0.15, -0.1) is 0 Å². The molecule has 24 heavy (non-hydrogen) atoms. The lowest BCUT2D eigenvalue weighted by Crippen LogP contribution is -2.50. The normalized spacial score (nSPS) is 22.8. The molecule has 5 nitrogen and oxygen atoms in total. The van der Waals surface area contributed by atoms with Gasteiger partial charge in [-0.05, 0) is 49.6 Å². The summed E-state index contributed by atoms with van der Waals surface area (Å²) in [6, 6.07) is 8.05. The Hall–Kier alpha value is -1.53. The first-order valence-corrected chi connectivity index (χ1v) is 9.80. The number of benzene rings is 1. The zero-order chi connectivity index (χ0) is 17.0. The second kappa shape index (κ2) is 7.57. The molecular formula is C18H25N3O2S. The van der Waals surface area contributed by atoms with E-state index in [0.29, 0.717) is 13.0 Å². The van der Waals surface area contributed by atoms with Crippen molar-refractivity contribution >= 4 is 30.0 Å². The summed E-state index contributed by atoms with van der Waals surface area (Å²) in [6.07, 6.45) is 8.01. The van der Waals surface area contributed by atoms with E-state index in [-0.39, 0.29) is 17.4 Å². The van der Waals surface area contributed by atoms with E-state index in [2.05, 4.69) is 40.6 Å². The smallest absolute Gasteiger partial charge is 0.249 e. The van der Waals surface area contributed by atoms with Gasteiger partial charge in [-0.2, -0.15) is 0 Å². The molecule has 0 radical (unpaired) electrons. The van der Waals surface area contributed by atoms with Gasteiger partial charge in [0.25, 0.3) is 0 Å². The van der Waals surface area contributed by atoms with Crippen LogP contribution in [0.1, 0.15) is 37.7 Å². The highest BCUT2D eigenvalue weighted by Crippen LogP contribution is 2.44. The molecule has 1 aromatic carbocycles. The molecule has 2 aliphatic rings. The molecule has 130 valence electrons. The molecule has 1 aromatic rings. The number of carbonyl (C=O) groups is 2. The quantitative estimate of drug-likeness (QED) is 0.586. The molecule has 1 heterocycles. The Bertz CT molecular complexity index is 586. The molecule has 2 N–H and O–H groups in total. The van der Waals surface area contributed by atoms with Gasteiger partial charge in [0, 0.05) is 24.2 Å².